The molecule has 0 bridgehead atoms. The summed E-state index contributed by atoms with van der Waals surface area (Å²) in [5.74, 6) is -1.65. The van der Waals surface area contributed by atoms with Gasteiger partial charge in [0.15, 0.2) is 5.75 Å². The van der Waals surface area contributed by atoms with E-state index in [9.17, 15) is 20.0 Å². The van der Waals surface area contributed by atoms with Crippen LogP contribution < -0.4 is 10.5 Å². The third-order valence-corrected chi connectivity index (χ3v) is 3.60. The van der Waals surface area contributed by atoms with Crippen molar-refractivity contribution < 1.29 is 19.6 Å². The number of hydrogen-bond donors (Lipinski definition) is 2. The second-order valence-electron chi connectivity index (χ2n) is 5.25. The summed E-state index contributed by atoms with van der Waals surface area (Å²) in [6, 6.07) is 11.1. The summed E-state index contributed by atoms with van der Waals surface area (Å²) < 4.78 is 5.23. The Morgan fingerprint density at radius 3 is 2.50 bits per heavy atom. The molecule has 0 aliphatic carbocycles. The van der Waals surface area contributed by atoms with E-state index in [2.05, 4.69) is 0 Å². The zero-order valence-electron chi connectivity index (χ0n) is 13.1. The van der Waals surface area contributed by atoms with Crippen molar-refractivity contribution >= 4 is 17.3 Å². The molecule has 7 heteroatoms. The van der Waals surface area contributed by atoms with Crippen LogP contribution in [0.25, 0.3) is 0 Å². The number of ether oxygens (including phenoxy) is 1. The number of nitrogens with zero attached hydrogens (tertiary/aromatic N) is 1. The summed E-state index contributed by atoms with van der Waals surface area (Å²) in [4.78, 5) is 22.2. The molecule has 0 aromatic heterocycles. The molecule has 0 fully saturated rings. The zero-order valence-corrected chi connectivity index (χ0v) is 13.1. The summed E-state index contributed by atoms with van der Waals surface area (Å²) in [5.41, 5.74) is 7.13. The van der Waals surface area contributed by atoms with Crippen LogP contribution in [-0.2, 0) is 11.2 Å². The number of aliphatic carboxylic acids is 1. The zero-order chi connectivity index (χ0) is 17.7. The number of carboxylic acids is 1. The van der Waals surface area contributed by atoms with Gasteiger partial charge in [0.05, 0.1) is 17.4 Å². The molecule has 1 atom stereocenters. The highest BCUT2D eigenvalue weighted by Crippen LogP contribution is 2.30. The van der Waals surface area contributed by atoms with E-state index in [4.69, 9.17) is 10.5 Å². The van der Waals surface area contributed by atoms with Crippen LogP contribution in [0.5, 0.6) is 5.75 Å². The first kappa shape index (κ1) is 17.3. The largest absolute Gasteiger partial charge is 0.487 e. The number of hydrogen-bond acceptors (Lipinski definition) is 5. The number of nitro benzene ring substituents is 1. The summed E-state index contributed by atoms with van der Waals surface area (Å²) in [7, 11) is 0. The van der Waals surface area contributed by atoms with E-state index in [-0.39, 0.29) is 17.9 Å². The van der Waals surface area contributed by atoms with Crippen molar-refractivity contribution in [2.24, 2.45) is 0 Å². The number of anilines is 1. The number of benzene rings is 2. The quantitative estimate of drug-likeness (QED) is 0.458. The van der Waals surface area contributed by atoms with Gasteiger partial charge in [-0.05, 0) is 42.7 Å². The lowest BCUT2D eigenvalue weighted by Crippen LogP contribution is -2.14. The van der Waals surface area contributed by atoms with Gasteiger partial charge in [-0.15, -0.1) is 0 Å². The van der Waals surface area contributed by atoms with Gasteiger partial charge in [-0.25, -0.2) is 0 Å². The predicted octanol–water partition coefficient (Wildman–Crippen LogP) is 2.99. The van der Waals surface area contributed by atoms with Crippen LogP contribution in [0, 0.1) is 10.1 Å². The van der Waals surface area contributed by atoms with Crippen molar-refractivity contribution in [3.8, 4) is 5.75 Å². The standard InChI is InChI=1S/C17H18N2O5/c1-2-24-16-8-3-11(10-15(16)19(22)23)9-14(17(20)21)12-4-6-13(18)7-5-12/h3-8,10,14H,2,9,18H2,1H3,(H,20,21). The SMILES string of the molecule is CCOc1ccc(CC(C(=O)O)c2ccc(N)cc2)cc1[N+](=O)[O-]. The van der Waals surface area contributed by atoms with Gasteiger partial charge in [0.25, 0.3) is 0 Å². The Morgan fingerprint density at radius 1 is 1.29 bits per heavy atom. The highest BCUT2D eigenvalue weighted by atomic mass is 16.6. The molecule has 0 radical (unpaired) electrons. The van der Waals surface area contributed by atoms with Gasteiger partial charge in [0.2, 0.25) is 0 Å². The van der Waals surface area contributed by atoms with Crippen molar-refractivity contribution in [2.45, 2.75) is 19.3 Å². The molecule has 0 saturated heterocycles. The lowest BCUT2D eigenvalue weighted by Gasteiger charge is -2.14. The molecule has 3 N–H and O–H groups in total. The molecule has 2 rings (SSSR count). The van der Waals surface area contributed by atoms with Crippen LogP contribution in [0.2, 0.25) is 0 Å². The minimum Gasteiger partial charge on any atom is -0.487 e. The van der Waals surface area contributed by atoms with Gasteiger partial charge < -0.3 is 15.6 Å². The van der Waals surface area contributed by atoms with Crippen LogP contribution in [0.3, 0.4) is 0 Å². The van der Waals surface area contributed by atoms with Crippen LogP contribution in [0.4, 0.5) is 11.4 Å². The van der Waals surface area contributed by atoms with Crippen molar-refractivity contribution in [1.29, 1.82) is 0 Å². The van der Waals surface area contributed by atoms with E-state index < -0.39 is 16.8 Å². The molecule has 1 unspecified atom stereocenters. The van der Waals surface area contributed by atoms with Crippen LogP contribution >= 0.6 is 0 Å². The molecule has 0 heterocycles. The fraction of sp³-hybridized carbons (Fsp3) is 0.235. The van der Waals surface area contributed by atoms with E-state index in [1.807, 2.05) is 0 Å². The molecule has 7 nitrogen and oxygen atoms in total. The smallest absolute Gasteiger partial charge is 0.311 e. The molecule has 0 aliphatic heterocycles. The Hall–Kier alpha value is -3.09. The van der Waals surface area contributed by atoms with Gasteiger partial charge in [0.1, 0.15) is 0 Å². The summed E-state index contributed by atoms with van der Waals surface area (Å²) >= 11 is 0. The van der Waals surface area contributed by atoms with E-state index in [0.29, 0.717) is 23.4 Å². The number of nitrogen functional groups attached to an aromatic ring is 1. The fourth-order valence-electron chi connectivity index (χ4n) is 2.42. The van der Waals surface area contributed by atoms with Crippen LogP contribution in [0.15, 0.2) is 42.5 Å². The summed E-state index contributed by atoms with van der Waals surface area (Å²) in [5, 5.41) is 20.7. The van der Waals surface area contributed by atoms with E-state index in [1.54, 1.807) is 37.3 Å². The van der Waals surface area contributed by atoms with Gasteiger partial charge in [-0.1, -0.05) is 18.2 Å². The highest BCUT2D eigenvalue weighted by Gasteiger charge is 2.23. The van der Waals surface area contributed by atoms with Crippen molar-refractivity contribution in [1.82, 2.24) is 0 Å². The Morgan fingerprint density at radius 2 is 1.96 bits per heavy atom. The van der Waals surface area contributed by atoms with Crippen molar-refractivity contribution in [3.05, 3.63) is 63.7 Å². The fourth-order valence-corrected chi connectivity index (χ4v) is 2.42. The maximum Gasteiger partial charge on any atom is 0.311 e. The maximum atomic E-state index is 11.6. The molecular weight excluding hydrogens is 312 g/mol. The first-order valence-electron chi connectivity index (χ1n) is 7.40. The van der Waals surface area contributed by atoms with Crippen LogP contribution in [-0.4, -0.2) is 22.6 Å². The Labute approximate surface area is 138 Å². The average molecular weight is 330 g/mol. The van der Waals surface area contributed by atoms with Gasteiger partial charge in [-0.3, -0.25) is 14.9 Å². The Bertz CT molecular complexity index is 743. The molecule has 0 spiro atoms. The van der Waals surface area contributed by atoms with Crippen LogP contribution in [0.1, 0.15) is 24.0 Å². The van der Waals surface area contributed by atoms with Crippen molar-refractivity contribution in [3.63, 3.8) is 0 Å². The summed E-state index contributed by atoms with van der Waals surface area (Å²) in [6.07, 6.45) is 0.131. The third kappa shape index (κ3) is 4.01. The highest BCUT2D eigenvalue weighted by molar-refractivity contribution is 5.76. The molecule has 2 aromatic carbocycles. The number of nitrogens with two attached hydrogens (primary N) is 1. The van der Waals surface area contributed by atoms with Crippen molar-refractivity contribution in [2.75, 3.05) is 12.3 Å². The minimum absolute atomic E-state index is 0.131. The van der Waals surface area contributed by atoms with E-state index in [1.165, 1.54) is 12.1 Å². The number of rotatable bonds is 7. The number of carboxylic acid groups (broad SMARTS) is 1. The minimum atomic E-state index is -1.00. The monoisotopic (exact) mass is 330 g/mol. The normalized spacial score (nSPS) is 11.7. The Balaban J connectivity index is 2.32. The lowest BCUT2D eigenvalue weighted by atomic mass is 9.91. The second-order valence-corrected chi connectivity index (χ2v) is 5.25. The number of carbonyl (C=O) groups is 1. The molecule has 0 amide bonds. The topological polar surface area (TPSA) is 116 Å². The predicted molar refractivity (Wildman–Crippen MR) is 89.2 cm³/mol. The van der Waals surface area contributed by atoms with Gasteiger partial charge in [-0.2, -0.15) is 0 Å². The van der Waals surface area contributed by atoms with Gasteiger partial charge in [0, 0.05) is 11.8 Å². The second kappa shape index (κ2) is 7.45. The molecular formula is C17H18N2O5. The third-order valence-electron chi connectivity index (χ3n) is 3.60. The first-order chi connectivity index (χ1) is 11.4. The molecule has 24 heavy (non-hydrogen) atoms. The molecule has 0 saturated carbocycles. The van der Waals surface area contributed by atoms with Gasteiger partial charge >= 0.3 is 11.7 Å². The van der Waals surface area contributed by atoms with E-state index >= 15 is 0 Å². The first-order valence-corrected chi connectivity index (χ1v) is 7.40. The molecule has 2 aromatic rings. The van der Waals surface area contributed by atoms with E-state index in [0.717, 1.165) is 0 Å². The number of nitro groups is 1. The lowest BCUT2D eigenvalue weighted by molar-refractivity contribution is -0.385. The molecule has 126 valence electrons. The average Bonchev–Trinajstić information content (AvgIpc) is 2.54. The summed E-state index contributed by atoms with van der Waals surface area (Å²) in [6.45, 7) is 2.04. The maximum absolute atomic E-state index is 11.6. The molecule has 0 aliphatic rings. The Kier molecular flexibility index (Phi) is 5.36.